The minimum atomic E-state index is -0.299. The summed E-state index contributed by atoms with van der Waals surface area (Å²) >= 11 is 6.60. The zero-order valence-electron chi connectivity index (χ0n) is 12.6. The number of nitrogens with one attached hydrogen (secondary N) is 1. The van der Waals surface area contributed by atoms with E-state index in [0.717, 1.165) is 29.7 Å². The van der Waals surface area contributed by atoms with Gasteiger partial charge in [-0.2, -0.15) is 0 Å². The predicted molar refractivity (Wildman–Crippen MR) is 93.3 cm³/mol. The maximum atomic E-state index is 12.9. The van der Waals surface area contributed by atoms with Crippen LogP contribution in [0.4, 0.5) is 5.69 Å². The number of rotatable bonds is 3. The highest BCUT2D eigenvalue weighted by molar-refractivity contribution is 6.32. The van der Waals surface area contributed by atoms with Gasteiger partial charge in [-0.1, -0.05) is 54.1 Å². The van der Waals surface area contributed by atoms with Crippen molar-refractivity contribution in [2.75, 3.05) is 5.32 Å². The lowest BCUT2D eigenvalue weighted by Gasteiger charge is -2.38. The Morgan fingerprint density at radius 3 is 2.52 bits per heavy atom. The van der Waals surface area contributed by atoms with E-state index in [4.69, 9.17) is 11.6 Å². The number of amides is 1. The summed E-state index contributed by atoms with van der Waals surface area (Å²) < 4.78 is 0. The second-order valence-electron chi connectivity index (χ2n) is 5.98. The topological polar surface area (TPSA) is 32.3 Å². The number of nitrogens with zero attached hydrogens (tertiary/aromatic N) is 1. The van der Waals surface area contributed by atoms with Gasteiger partial charge in [0.2, 0.25) is 0 Å². The highest BCUT2D eigenvalue weighted by Crippen LogP contribution is 2.38. The van der Waals surface area contributed by atoms with E-state index in [9.17, 15) is 4.79 Å². The van der Waals surface area contributed by atoms with Gasteiger partial charge in [0.25, 0.3) is 5.91 Å². The van der Waals surface area contributed by atoms with E-state index in [1.54, 1.807) is 0 Å². The zero-order chi connectivity index (χ0) is 15.8. The van der Waals surface area contributed by atoms with Gasteiger partial charge in [0.05, 0.1) is 10.6 Å². The van der Waals surface area contributed by atoms with Gasteiger partial charge < -0.3 is 10.2 Å². The average Bonchev–Trinajstić information content (AvgIpc) is 3.40. The summed E-state index contributed by atoms with van der Waals surface area (Å²) in [6, 6.07) is 17.8. The lowest BCUT2D eigenvalue weighted by Crippen LogP contribution is -2.50. The van der Waals surface area contributed by atoms with Crippen molar-refractivity contribution in [2.45, 2.75) is 25.0 Å². The van der Waals surface area contributed by atoms with Crippen molar-refractivity contribution in [1.29, 1.82) is 0 Å². The molecular formula is C19H17ClN2O. The van der Waals surface area contributed by atoms with E-state index in [2.05, 4.69) is 5.32 Å². The first-order chi connectivity index (χ1) is 11.2. The fraction of sp³-hybridized carbons (Fsp3) is 0.211. The van der Waals surface area contributed by atoms with Crippen molar-refractivity contribution in [1.82, 2.24) is 4.90 Å². The molecule has 0 aromatic heterocycles. The molecule has 1 aliphatic heterocycles. The van der Waals surface area contributed by atoms with E-state index < -0.39 is 0 Å². The molecule has 0 bridgehead atoms. The Labute approximate surface area is 140 Å². The molecule has 1 N–H and O–H groups in total. The first kappa shape index (κ1) is 14.3. The predicted octanol–water partition coefficient (Wildman–Crippen LogP) is 4.32. The molecule has 1 heterocycles. The smallest absolute Gasteiger partial charge is 0.258 e. The number of benzene rings is 2. The van der Waals surface area contributed by atoms with Crippen LogP contribution in [-0.4, -0.2) is 23.0 Å². The average molecular weight is 325 g/mol. The van der Waals surface area contributed by atoms with Crippen molar-refractivity contribution in [2.24, 2.45) is 0 Å². The van der Waals surface area contributed by atoms with Crippen LogP contribution in [0.5, 0.6) is 0 Å². The normalized spacial score (nSPS) is 20.9. The molecule has 0 radical (unpaired) electrons. The number of carbonyl (C=O) groups excluding carboxylic acids is 1. The van der Waals surface area contributed by atoms with Gasteiger partial charge in [-0.3, -0.25) is 4.79 Å². The molecule has 1 unspecified atom stereocenters. The molecule has 2 aliphatic rings. The lowest BCUT2D eigenvalue weighted by atomic mass is 10.1. The highest BCUT2D eigenvalue weighted by Gasteiger charge is 2.42. The van der Waals surface area contributed by atoms with Crippen molar-refractivity contribution in [3.63, 3.8) is 0 Å². The number of anilines is 1. The number of para-hydroxylation sites is 1. The van der Waals surface area contributed by atoms with E-state index in [1.807, 2.05) is 65.6 Å². The highest BCUT2D eigenvalue weighted by atomic mass is 35.5. The zero-order valence-corrected chi connectivity index (χ0v) is 13.3. The number of halogens is 1. The van der Waals surface area contributed by atoms with Gasteiger partial charge in [-0.05, 0) is 36.6 Å². The maximum absolute atomic E-state index is 12.9. The molecule has 3 nitrogen and oxygen atoms in total. The summed E-state index contributed by atoms with van der Waals surface area (Å²) in [4.78, 5) is 14.8. The SMILES string of the molecule is O=C1c2ccccc2NC(/C(Cl)=C\c2ccccc2)N1C1CC1. The summed E-state index contributed by atoms with van der Waals surface area (Å²) in [5.41, 5.74) is 2.60. The van der Waals surface area contributed by atoms with Gasteiger partial charge in [0.1, 0.15) is 6.17 Å². The Hall–Kier alpha value is -2.26. The van der Waals surface area contributed by atoms with Gasteiger partial charge in [0.15, 0.2) is 0 Å². The van der Waals surface area contributed by atoms with Crippen molar-refractivity contribution in [3.05, 3.63) is 70.8 Å². The Morgan fingerprint density at radius 2 is 1.78 bits per heavy atom. The van der Waals surface area contributed by atoms with E-state index in [1.165, 1.54) is 0 Å². The number of hydrogen-bond acceptors (Lipinski definition) is 2. The third-order valence-electron chi connectivity index (χ3n) is 4.27. The second-order valence-corrected chi connectivity index (χ2v) is 6.41. The van der Waals surface area contributed by atoms with Crippen LogP contribution in [0.3, 0.4) is 0 Å². The molecule has 0 spiro atoms. The maximum Gasteiger partial charge on any atom is 0.258 e. The van der Waals surface area contributed by atoms with Crippen molar-refractivity contribution in [3.8, 4) is 0 Å². The Morgan fingerprint density at radius 1 is 1.09 bits per heavy atom. The quantitative estimate of drug-likeness (QED) is 0.911. The monoisotopic (exact) mass is 324 g/mol. The molecule has 1 fully saturated rings. The Balaban J connectivity index is 1.72. The number of fused-ring (bicyclic) bond motifs is 1. The third-order valence-corrected chi connectivity index (χ3v) is 4.58. The first-order valence-electron chi connectivity index (χ1n) is 7.84. The lowest BCUT2D eigenvalue weighted by molar-refractivity contribution is 0.0700. The molecule has 1 amide bonds. The van der Waals surface area contributed by atoms with Gasteiger partial charge in [0, 0.05) is 11.7 Å². The summed E-state index contributed by atoms with van der Waals surface area (Å²) in [7, 11) is 0. The van der Waals surface area contributed by atoms with Crippen LogP contribution in [0.1, 0.15) is 28.8 Å². The van der Waals surface area contributed by atoms with Crippen LogP contribution >= 0.6 is 11.6 Å². The fourth-order valence-electron chi connectivity index (χ4n) is 2.99. The molecule has 1 aliphatic carbocycles. The summed E-state index contributed by atoms with van der Waals surface area (Å²) in [5.74, 6) is 0.0615. The first-order valence-corrected chi connectivity index (χ1v) is 8.22. The van der Waals surface area contributed by atoms with Crippen LogP contribution in [0.25, 0.3) is 6.08 Å². The summed E-state index contributed by atoms with van der Waals surface area (Å²) in [6.07, 6.45) is 3.71. The van der Waals surface area contributed by atoms with Crippen molar-refractivity contribution >= 4 is 29.3 Å². The number of hydrogen-bond donors (Lipinski definition) is 1. The molecule has 1 atom stereocenters. The van der Waals surface area contributed by atoms with Gasteiger partial charge in [-0.25, -0.2) is 0 Å². The van der Waals surface area contributed by atoms with Crippen molar-refractivity contribution < 1.29 is 4.79 Å². The molecule has 116 valence electrons. The largest absolute Gasteiger partial charge is 0.360 e. The molecule has 1 saturated carbocycles. The molecular weight excluding hydrogens is 308 g/mol. The molecule has 4 heteroatoms. The van der Waals surface area contributed by atoms with E-state index in [0.29, 0.717) is 5.03 Å². The molecule has 2 aromatic rings. The van der Waals surface area contributed by atoms with E-state index >= 15 is 0 Å². The minimum Gasteiger partial charge on any atom is -0.360 e. The Bertz CT molecular complexity index is 768. The standard InChI is InChI=1S/C19H17ClN2O/c20-16(12-13-6-2-1-3-7-13)18-21-17-9-5-4-8-15(17)19(23)22(18)14-10-11-14/h1-9,12,14,18,21H,10-11H2/b16-12+. The Kier molecular flexibility index (Phi) is 3.58. The fourth-order valence-corrected chi connectivity index (χ4v) is 3.27. The van der Waals surface area contributed by atoms with Crippen LogP contribution in [0, 0.1) is 0 Å². The van der Waals surface area contributed by atoms with Gasteiger partial charge >= 0.3 is 0 Å². The van der Waals surface area contributed by atoms with Crippen LogP contribution < -0.4 is 5.32 Å². The number of carbonyl (C=O) groups is 1. The van der Waals surface area contributed by atoms with Crippen LogP contribution in [0.2, 0.25) is 0 Å². The molecule has 4 rings (SSSR count). The molecule has 23 heavy (non-hydrogen) atoms. The van der Waals surface area contributed by atoms with Gasteiger partial charge in [-0.15, -0.1) is 0 Å². The summed E-state index contributed by atoms with van der Waals surface area (Å²) in [5, 5.41) is 4.05. The molecule has 2 aromatic carbocycles. The third kappa shape index (κ3) is 2.73. The summed E-state index contributed by atoms with van der Waals surface area (Å²) in [6.45, 7) is 0. The van der Waals surface area contributed by atoms with E-state index in [-0.39, 0.29) is 18.1 Å². The van der Waals surface area contributed by atoms with Crippen LogP contribution in [0.15, 0.2) is 59.6 Å². The second kappa shape index (κ2) is 5.74. The molecule has 0 saturated heterocycles. The minimum absolute atomic E-state index is 0.0615. The van der Waals surface area contributed by atoms with Crippen LogP contribution in [-0.2, 0) is 0 Å².